The lowest BCUT2D eigenvalue weighted by Crippen LogP contribution is -2.34. The van der Waals surface area contributed by atoms with Gasteiger partial charge in [0.15, 0.2) is 23.0 Å². The number of phenolic OH excluding ortho intramolecular Hbond substituents is 1. The van der Waals surface area contributed by atoms with Gasteiger partial charge in [-0.1, -0.05) is 0 Å². The number of hydrogen-bond donors (Lipinski definition) is 2. The van der Waals surface area contributed by atoms with Gasteiger partial charge in [0.1, 0.15) is 0 Å². The van der Waals surface area contributed by atoms with Crippen LogP contribution in [0.5, 0.6) is 23.0 Å². The van der Waals surface area contributed by atoms with Gasteiger partial charge in [0.25, 0.3) is 0 Å². The first-order valence-electron chi connectivity index (χ1n) is 8.09. The average Bonchev–Trinajstić information content (AvgIpc) is 2.61. The molecule has 126 valence electrons. The van der Waals surface area contributed by atoms with E-state index in [2.05, 4.69) is 11.4 Å². The zero-order valence-corrected chi connectivity index (χ0v) is 14.1. The molecule has 0 bridgehead atoms. The van der Waals surface area contributed by atoms with Gasteiger partial charge in [0.05, 0.1) is 21.3 Å². The number of methoxy groups -OCH3 is 3. The largest absolute Gasteiger partial charge is 0.504 e. The van der Waals surface area contributed by atoms with Crippen LogP contribution >= 0.6 is 0 Å². The molecule has 4 rings (SSSR count). The molecule has 0 saturated carbocycles. The second kappa shape index (κ2) is 5.60. The minimum absolute atomic E-state index is 0.136. The predicted octanol–water partition coefficient (Wildman–Crippen LogP) is 2.83. The van der Waals surface area contributed by atoms with Crippen molar-refractivity contribution < 1.29 is 19.3 Å². The van der Waals surface area contributed by atoms with E-state index in [1.165, 1.54) is 11.1 Å². The van der Waals surface area contributed by atoms with E-state index >= 15 is 0 Å². The number of fused-ring (bicyclic) bond motifs is 2. The SMILES string of the molecule is COc1cc2c(cc1O)-c1c(OC)c(OC)cc3c1[C@H](C2)NCC3. The molecule has 1 aliphatic carbocycles. The fourth-order valence-corrected chi connectivity index (χ4v) is 3.99. The van der Waals surface area contributed by atoms with Gasteiger partial charge < -0.3 is 24.6 Å². The first-order chi connectivity index (χ1) is 11.7. The van der Waals surface area contributed by atoms with Crippen LogP contribution in [0.3, 0.4) is 0 Å². The summed E-state index contributed by atoms with van der Waals surface area (Å²) in [5, 5.41) is 13.9. The number of benzene rings is 2. The molecule has 2 aromatic rings. The quantitative estimate of drug-likeness (QED) is 0.908. The van der Waals surface area contributed by atoms with Gasteiger partial charge in [-0.2, -0.15) is 0 Å². The summed E-state index contributed by atoms with van der Waals surface area (Å²) < 4.78 is 16.5. The molecule has 0 spiro atoms. The van der Waals surface area contributed by atoms with E-state index in [-0.39, 0.29) is 11.8 Å². The minimum Gasteiger partial charge on any atom is -0.504 e. The van der Waals surface area contributed by atoms with E-state index in [1.807, 2.05) is 6.07 Å². The van der Waals surface area contributed by atoms with E-state index < -0.39 is 0 Å². The van der Waals surface area contributed by atoms with Crippen molar-refractivity contribution in [1.29, 1.82) is 0 Å². The number of aromatic hydroxyl groups is 1. The zero-order chi connectivity index (χ0) is 16.8. The van der Waals surface area contributed by atoms with Crippen LogP contribution in [0.4, 0.5) is 0 Å². The molecule has 1 aliphatic heterocycles. The van der Waals surface area contributed by atoms with Gasteiger partial charge in [-0.3, -0.25) is 0 Å². The third-order valence-electron chi connectivity index (χ3n) is 5.03. The topological polar surface area (TPSA) is 60.0 Å². The van der Waals surface area contributed by atoms with Gasteiger partial charge >= 0.3 is 0 Å². The van der Waals surface area contributed by atoms with Crippen LogP contribution in [0.2, 0.25) is 0 Å². The Kier molecular flexibility index (Phi) is 3.53. The van der Waals surface area contributed by atoms with Crippen LogP contribution in [0, 0.1) is 0 Å². The second-order valence-corrected chi connectivity index (χ2v) is 6.20. The van der Waals surface area contributed by atoms with Gasteiger partial charge in [-0.25, -0.2) is 0 Å². The maximum Gasteiger partial charge on any atom is 0.168 e. The van der Waals surface area contributed by atoms with E-state index in [4.69, 9.17) is 14.2 Å². The van der Waals surface area contributed by atoms with E-state index in [1.54, 1.807) is 27.4 Å². The summed E-state index contributed by atoms with van der Waals surface area (Å²) in [5.74, 6) is 2.08. The molecular formula is C19H21NO4. The Morgan fingerprint density at radius 2 is 1.75 bits per heavy atom. The van der Waals surface area contributed by atoms with Crippen molar-refractivity contribution in [3.8, 4) is 34.1 Å². The molecule has 0 radical (unpaired) electrons. The highest BCUT2D eigenvalue weighted by Gasteiger charge is 2.34. The Morgan fingerprint density at radius 1 is 1.00 bits per heavy atom. The zero-order valence-electron chi connectivity index (χ0n) is 14.1. The molecule has 0 unspecified atom stereocenters. The van der Waals surface area contributed by atoms with Gasteiger partial charge in [0.2, 0.25) is 0 Å². The van der Waals surface area contributed by atoms with Crippen molar-refractivity contribution in [2.75, 3.05) is 27.9 Å². The fraction of sp³-hybridized carbons (Fsp3) is 0.368. The predicted molar refractivity (Wildman–Crippen MR) is 91.4 cm³/mol. The van der Waals surface area contributed by atoms with Gasteiger partial charge in [-0.05, 0) is 59.8 Å². The Labute approximate surface area is 141 Å². The Bertz CT molecular complexity index is 816. The fourth-order valence-electron chi connectivity index (χ4n) is 3.99. The number of hydrogen-bond acceptors (Lipinski definition) is 5. The summed E-state index contributed by atoms with van der Waals surface area (Å²) in [6.07, 6.45) is 1.82. The third kappa shape index (κ3) is 2.04. The lowest BCUT2D eigenvalue weighted by Gasteiger charge is -2.35. The lowest BCUT2D eigenvalue weighted by atomic mass is 9.77. The number of rotatable bonds is 3. The van der Waals surface area contributed by atoms with Crippen LogP contribution in [-0.4, -0.2) is 33.0 Å². The molecule has 2 N–H and O–H groups in total. The number of phenols is 1. The molecule has 5 heteroatoms. The molecule has 0 saturated heterocycles. The van der Waals surface area contributed by atoms with Crippen molar-refractivity contribution in [1.82, 2.24) is 5.32 Å². The average molecular weight is 327 g/mol. The first-order valence-corrected chi connectivity index (χ1v) is 8.09. The van der Waals surface area contributed by atoms with Crippen molar-refractivity contribution in [2.24, 2.45) is 0 Å². The lowest BCUT2D eigenvalue weighted by molar-refractivity contribution is 0.352. The highest BCUT2D eigenvalue weighted by molar-refractivity contribution is 5.85. The molecule has 24 heavy (non-hydrogen) atoms. The van der Waals surface area contributed by atoms with Crippen LogP contribution in [0.1, 0.15) is 22.7 Å². The molecule has 0 fully saturated rings. The molecule has 2 aliphatic rings. The highest BCUT2D eigenvalue weighted by Crippen LogP contribution is 2.52. The minimum atomic E-state index is 0.136. The normalized spacial score (nSPS) is 17.7. The van der Waals surface area contributed by atoms with Crippen molar-refractivity contribution in [3.05, 3.63) is 34.9 Å². The Hall–Kier alpha value is -2.40. The molecule has 0 amide bonds. The smallest absolute Gasteiger partial charge is 0.168 e. The summed E-state index contributed by atoms with van der Waals surface area (Å²) in [6, 6.07) is 6.02. The maximum atomic E-state index is 10.3. The van der Waals surface area contributed by atoms with Crippen molar-refractivity contribution in [3.63, 3.8) is 0 Å². The standard InChI is InChI=1S/C19H21NO4/c1-22-15-8-11-6-13-17-10(4-5-20-13)7-16(23-2)19(24-3)18(17)12(11)9-14(15)21/h7-9,13,20-21H,4-6H2,1-3H3/t13-/m0/s1. The highest BCUT2D eigenvalue weighted by atomic mass is 16.5. The molecule has 1 atom stereocenters. The molecule has 5 nitrogen and oxygen atoms in total. The Balaban J connectivity index is 2.06. The van der Waals surface area contributed by atoms with Crippen molar-refractivity contribution >= 4 is 0 Å². The Morgan fingerprint density at radius 3 is 2.46 bits per heavy atom. The monoisotopic (exact) mass is 327 g/mol. The van der Waals surface area contributed by atoms with Crippen LogP contribution < -0.4 is 19.5 Å². The molecule has 0 aromatic heterocycles. The van der Waals surface area contributed by atoms with E-state index in [0.29, 0.717) is 5.75 Å². The van der Waals surface area contributed by atoms with Crippen LogP contribution in [0.25, 0.3) is 11.1 Å². The van der Waals surface area contributed by atoms with Gasteiger partial charge in [-0.15, -0.1) is 0 Å². The molecule has 1 heterocycles. The van der Waals surface area contributed by atoms with E-state index in [9.17, 15) is 5.11 Å². The first kappa shape index (κ1) is 15.1. The van der Waals surface area contributed by atoms with Crippen LogP contribution in [0.15, 0.2) is 18.2 Å². The van der Waals surface area contributed by atoms with Gasteiger partial charge in [0, 0.05) is 11.6 Å². The summed E-state index contributed by atoms with van der Waals surface area (Å²) in [4.78, 5) is 0. The third-order valence-corrected chi connectivity index (χ3v) is 5.03. The molecule has 2 aromatic carbocycles. The summed E-state index contributed by atoms with van der Waals surface area (Å²) in [6.45, 7) is 0.942. The summed E-state index contributed by atoms with van der Waals surface area (Å²) in [5.41, 5.74) is 5.68. The van der Waals surface area contributed by atoms with E-state index in [0.717, 1.165) is 47.6 Å². The summed E-state index contributed by atoms with van der Waals surface area (Å²) >= 11 is 0. The molecular weight excluding hydrogens is 306 g/mol. The van der Waals surface area contributed by atoms with Crippen molar-refractivity contribution in [2.45, 2.75) is 18.9 Å². The van der Waals surface area contributed by atoms with Crippen LogP contribution in [-0.2, 0) is 12.8 Å². The number of ether oxygens (including phenoxy) is 3. The second-order valence-electron chi connectivity index (χ2n) is 6.20. The number of nitrogens with one attached hydrogen (secondary N) is 1. The maximum absolute atomic E-state index is 10.3. The summed E-state index contributed by atoms with van der Waals surface area (Å²) in [7, 11) is 4.88.